The van der Waals surface area contributed by atoms with Crippen molar-refractivity contribution in [1.82, 2.24) is 9.47 Å². The summed E-state index contributed by atoms with van der Waals surface area (Å²) in [6.07, 6.45) is 1.99. The molecule has 0 bridgehead atoms. The molecule has 0 aliphatic rings. The molecule has 3 aromatic carbocycles. The summed E-state index contributed by atoms with van der Waals surface area (Å²) in [5, 5.41) is 9.50. The molecule has 0 unspecified atom stereocenters. The maximum Gasteiger partial charge on any atom is 0.128 e. The van der Waals surface area contributed by atoms with Gasteiger partial charge in [-0.1, -0.05) is 66.7 Å². The molecule has 0 atom stereocenters. The van der Waals surface area contributed by atoms with Gasteiger partial charge >= 0.3 is 0 Å². The highest BCUT2D eigenvalue weighted by atomic mass is 19.1. The van der Waals surface area contributed by atoms with Gasteiger partial charge in [0.15, 0.2) is 0 Å². The number of nitriles is 1. The van der Waals surface area contributed by atoms with E-state index in [9.17, 15) is 9.65 Å². The quantitative estimate of drug-likeness (QED) is 0.371. The number of hydrogen-bond donors (Lipinski definition) is 0. The van der Waals surface area contributed by atoms with Crippen LogP contribution in [0.15, 0.2) is 97.2 Å². The largest absolute Gasteiger partial charge is 0.346 e. The highest BCUT2D eigenvalue weighted by Crippen LogP contribution is 2.18. The van der Waals surface area contributed by atoms with Crippen LogP contribution in [0.4, 0.5) is 4.39 Å². The van der Waals surface area contributed by atoms with Crippen LogP contribution in [-0.2, 0) is 26.2 Å². The molecule has 4 aromatic rings. The molecule has 0 spiro atoms. The second-order valence-corrected chi connectivity index (χ2v) is 7.62. The molecule has 0 N–H and O–H groups in total. The predicted molar refractivity (Wildman–Crippen MR) is 120 cm³/mol. The molecule has 3 nitrogen and oxygen atoms in total. The van der Waals surface area contributed by atoms with E-state index in [0.29, 0.717) is 30.8 Å². The molecule has 1 heterocycles. The first-order valence-electron chi connectivity index (χ1n) is 10.3. The fourth-order valence-electron chi connectivity index (χ4n) is 3.80. The van der Waals surface area contributed by atoms with Crippen molar-refractivity contribution in [3.05, 3.63) is 131 Å². The summed E-state index contributed by atoms with van der Waals surface area (Å²) >= 11 is 0. The Kier molecular flexibility index (Phi) is 6.56. The lowest BCUT2D eigenvalue weighted by atomic mass is 10.1. The van der Waals surface area contributed by atoms with Crippen molar-refractivity contribution in [3.63, 3.8) is 0 Å². The summed E-state index contributed by atoms with van der Waals surface area (Å²) in [6, 6.07) is 31.3. The second-order valence-electron chi connectivity index (χ2n) is 7.62. The normalized spacial score (nSPS) is 10.9. The molecule has 0 amide bonds. The second kappa shape index (κ2) is 9.88. The van der Waals surface area contributed by atoms with E-state index in [1.165, 1.54) is 11.6 Å². The molecule has 0 saturated carbocycles. The Morgan fingerprint density at radius 3 is 2.23 bits per heavy atom. The van der Waals surface area contributed by atoms with Gasteiger partial charge in [-0.05, 0) is 35.4 Å². The van der Waals surface area contributed by atoms with Crippen molar-refractivity contribution in [2.75, 3.05) is 0 Å². The molecule has 0 fully saturated rings. The number of aromatic nitrogens is 1. The van der Waals surface area contributed by atoms with Gasteiger partial charge in [0.1, 0.15) is 5.82 Å². The smallest absolute Gasteiger partial charge is 0.128 e. The number of benzene rings is 3. The Hall–Kier alpha value is -3.68. The molecule has 4 heteroatoms. The van der Waals surface area contributed by atoms with E-state index in [1.807, 2.05) is 66.9 Å². The van der Waals surface area contributed by atoms with Gasteiger partial charge in [0.25, 0.3) is 0 Å². The molecular formula is C27H24FN3. The zero-order valence-corrected chi connectivity index (χ0v) is 17.3. The van der Waals surface area contributed by atoms with Gasteiger partial charge in [0, 0.05) is 37.1 Å². The fourth-order valence-corrected chi connectivity index (χ4v) is 3.80. The van der Waals surface area contributed by atoms with Crippen LogP contribution in [0, 0.1) is 17.1 Å². The van der Waals surface area contributed by atoms with Crippen LogP contribution in [0.5, 0.6) is 0 Å². The standard InChI is InChI=1S/C27H24FN3/c28-27-15-7-6-13-25(27)20-31-16-8-14-26(31)21-30(18-22-9-2-1-3-10-22)19-24-12-5-4-11-23(24)17-29/h1-16H,18-21H2. The van der Waals surface area contributed by atoms with Crippen molar-refractivity contribution < 1.29 is 4.39 Å². The van der Waals surface area contributed by atoms with Gasteiger partial charge in [-0.3, -0.25) is 4.90 Å². The minimum Gasteiger partial charge on any atom is -0.346 e. The molecule has 154 valence electrons. The summed E-state index contributed by atoms with van der Waals surface area (Å²) in [4.78, 5) is 2.32. The third-order valence-corrected chi connectivity index (χ3v) is 5.39. The molecular weight excluding hydrogens is 385 g/mol. The molecule has 31 heavy (non-hydrogen) atoms. The van der Waals surface area contributed by atoms with Crippen molar-refractivity contribution in [2.24, 2.45) is 0 Å². The molecule has 0 radical (unpaired) electrons. The van der Waals surface area contributed by atoms with Crippen molar-refractivity contribution in [2.45, 2.75) is 26.2 Å². The highest BCUT2D eigenvalue weighted by Gasteiger charge is 2.14. The van der Waals surface area contributed by atoms with Crippen molar-refractivity contribution in [1.29, 1.82) is 5.26 Å². The lowest BCUT2D eigenvalue weighted by Gasteiger charge is -2.24. The molecule has 0 aliphatic carbocycles. The predicted octanol–water partition coefficient (Wildman–Crippen LogP) is 5.75. The van der Waals surface area contributed by atoms with Crippen LogP contribution in [0.25, 0.3) is 0 Å². The molecule has 4 rings (SSSR count). The Morgan fingerprint density at radius 2 is 1.45 bits per heavy atom. The Balaban J connectivity index is 1.59. The first kappa shape index (κ1) is 20.6. The van der Waals surface area contributed by atoms with Gasteiger partial charge in [-0.15, -0.1) is 0 Å². The first-order chi connectivity index (χ1) is 15.2. The minimum absolute atomic E-state index is 0.189. The number of halogens is 1. The summed E-state index contributed by atoms with van der Waals surface area (Å²) in [6.45, 7) is 2.59. The van der Waals surface area contributed by atoms with Gasteiger partial charge < -0.3 is 4.57 Å². The Morgan fingerprint density at radius 1 is 0.742 bits per heavy atom. The van der Waals surface area contributed by atoms with Gasteiger partial charge in [0.2, 0.25) is 0 Å². The van der Waals surface area contributed by atoms with Crippen LogP contribution >= 0.6 is 0 Å². The van der Waals surface area contributed by atoms with Gasteiger partial charge in [-0.2, -0.15) is 5.26 Å². The minimum atomic E-state index is -0.189. The van der Waals surface area contributed by atoms with E-state index in [-0.39, 0.29) is 5.82 Å². The topological polar surface area (TPSA) is 32.0 Å². The van der Waals surface area contributed by atoms with Crippen LogP contribution in [0.2, 0.25) is 0 Å². The van der Waals surface area contributed by atoms with Crippen LogP contribution in [0.1, 0.15) is 27.9 Å². The average Bonchev–Trinajstić information content (AvgIpc) is 3.23. The number of rotatable bonds is 8. The summed E-state index contributed by atoms with van der Waals surface area (Å²) in [5.74, 6) is -0.189. The number of nitrogens with zero attached hydrogens (tertiary/aromatic N) is 3. The van der Waals surface area contributed by atoms with Gasteiger partial charge in [-0.25, -0.2) is 4.39 Å². The monoisotopic (exact) mass is 409 g/mol. The van der Waals surface area contributed by atoms with Crippen LogP contribution < -0.4 is 0 Å². The molecule has 0 aliphatic heterocycles. The van der Waals surface area contributed by atoms with E-state index in [1.54, 1.807) is 6.07 Å². The SMILES string of the molecule is N#Cc1ccccc1CN(Cc1ccccc1)Cc1cccn1Cc1ccccc1F. The highest BCUT2D eigenvalue weighted by molar-refractivity contribution is 5.37. The maximum atomic E-state index is 14.2. The Labute approximate surface area is 182 Å². The summed E-state index contributed by atoms with van der Waals surface area (Å²) in [5.41, 5.74) is 4.69. The summed E-state index contributed by atoms with van der Waals surface area (Å²) in [7, 11) is 0. The zero-order chi connectivity index (χ0) is 21.5. The fraction of sp³-hybridized carbons (Fsp3) is 0.148. The van der Waals surface area contributed by atoms with E-state index in [4.69, 9.17) is 0 Å². The Bertz CT molecular complexity index is 1170. The average molecular weight is 410 g/mol. The van der Waals surface area contributed by atoms with E-state index in [0.717, 1.165) is 17.8 Å². The van der Waals surface area contributed by atoms with Crippen molar-refractivity contribution in [3.8, 4) is 6.07 Å². The lowest BCUT2D eigenvalue weighted by molar-refractivity contribution is 0.241. The molecule has 0 saturated heterocycles. The van der Waals surface area contributed by atoms with Crippen LogP contribution in [-0.4, -0.2) is 9.47 Å². The van der Waals surface area contributed by atoms with Gasteiger partial charge in [0.05, 0.1) is 18.2 Å². The zero-order valence-electron chi connectivity index (χ0n) is 17.3. The lowest BCUT2D eigenvalue weighted by Crippen LogP contribution is -2.24. The first-order valence-corrected chi connectivity index (χ1v) is 10.3. The third kappa shape index (κ3) is 5.28. The molecule has 1 aromatic heterocycles. The third-order valence-electron chi connectivity index (χ3n) is 5.39. The summed E-state index contributed by atoms with van der Waals surface area (Å²) < 4.78 is 16.3. The maximum absolute atomic E-state index is 14.2. The van der Waals surface area contributed by atoms with E-state index < -0.39 is 0 Å². The van der Waals surface area contributed by atoms with E-state index >= 15 is 0 Å². The number of hydrogen-bond acceptors (Lipinski definition) is 2. The van der Waals surface area contributed by atoms with Crippen molar-refractivity contribution >= 4 is 0 Å². The van der Waals surface area contributed by atoms with Crippen LogP contribution in [0.3, 0.4) is 0 Å². The van der Waals surface area contributed by atoms with E-state index in [2.05, 4.69) is 33.7 Å².